The Bertz CT molecular complexity index is 733. The third-order valence-corrected chi connectivity index (χ3v) is 3.54. The van der Waals surface area contributed by atoms with Crippen LogP contribution in [0.5, 0.6) is 5.75 Å². The molecule has 1 N–H and O–H groups in total. The smallest absolute Gasteiger partial charge is 0.118 e. The number of rotatable bonds is 5. The Labute approximate surface area is 130 Å². The minimum absolute atomic E-state index is 0.772. The predicted octanol–water partition coefficient (Wildman–Crippen LogP) is 3.27. The van der Waals surface area contributed by atoms with E-state index in [1.807, 2.05) is 66.3 Å². The summed E-state index contributed by atoms with van der Waals surface area (Å²) in [7, 11) is 3.61. The quantitative estimate of drug-likeness (QED) is 0.784. The normalized spacial score (nSPS) is 10.6. The molecule has 0 spiro atoms. The van der Waals surface area contributed by atoms with E-state index >= 15 is 0 Å². The van der Waals surface area contributed by atoms with Crippen LogP contribution in [-0.2, 0) is 6.54 Å². The van der Waals surface area contributed by atoms with Crippen LogP contribution in [0.25, 0.3) is 16.9 Å². The zero-order valence-electron chi connectivity index (χ0n) is 12.8. The van der Waals surface area contributed by atoms with Crippen molar-refractivity contribution in [2.45, 2.75) is 6.54 Å². The molecule has 2 aromatic carbocycles. The molecule has 1 heterocycles. The van der Waals surface area contributed by atoms with E-state index in [1.165, 1.54) is 0 Å². The third kappa shape index (κ3) is 2.87. The molecule has 4 heteroatoms. The number of nitrogens with zero attached hydrogens (tertiary/aromatic N) is 2. The Kier molecular flexibility index (Phi) is 4.21. The van der Waals surface area contributed by atoms with Gasteiger partial charge in [-0.15, -0.1) is 0 Å². The zero-order chi connectivity index (χ0) is 15.4. The largest absolute Gasteiger partial charge is 0.497 e. The van der Waals surface area contributed by atoms with Crippen LogP contribution in [0.2, 0.25) is 0 Å². The number of methoxy groups -OCH3 is 1. The van der Waals surface area contributed by atoms with Gasteiger partial charge in [0.25, 0.3) is 0 Å². The number of nitrogens with one attached hydrogen (secondary N) is 1. The van der Waals surface area contributed by atoms with Crippen LogP contribution in [0, 0.1) is 0 Å². The van der Waals surface area contributed by atoms with Gasteiger partial charge in [0.1, 0.15) is 5.75 Å². The summed E-state index contributed by atoms with van der Waals surface area (Å²) in [5.41, 5.74) is 4.29. The lowest BCUT2D eigenvalue weighted by atomic mass is 10.1. The highest BCUT2D eigenvalue weighted by Gasteiger charge is 2.11. The fourth-order valence-corrected chi connectivity index (χ4v) is 2.43. The number of hydrogen-bond donors (Lipinski definition) is 1. The maximum atomic E-state index is 5.22. The van der Waals surface area contributed by atoms with Crippen molar-refractivity contribution in [1.82, 2.24) is 15.1 Å². The van der Waals surface area contributed by atoms with Gasteiger partial charge in [-0.25, -0.2) is 4.68 Å². The minimum Gasteiger partial charge on any atom is -0.497 e. The van der Waals surface area contributed by atoms with Crippen molar-refractivity contribution in [3.63, 3.8) is 0 Å². The average Bonchev–Trinajstić information content (AvgIpc) is 3.00. The average molecular weight is 293 g/mol. The van der Waals surface area contributed by atoms with Crippen molar-refractivity contribution in [2.24, 2.45) is 0 Å². The van der Waals surface area contributed by atoms with Gasteiger partial charge in [0.05, 0.1) is 18.5 Å². The number of aromatic nitrogens is 2. The van der Waals surface area contributed by atoms with E-state index in [9.17, 15) is 0 Å². The Balaban J connectivity index is 2.03. The first-order valence-electron chi connectivity index (χ1n) is 7.25. The van der Waals surface area contributed by atoms with Crippen molar-refractivity contribution >= 4 is 0 Å². The highest BCUT2D eigenvalue weighted by molar-refractivity contribution is 5.64. The monoisotopic (exact) mass is 293 g/mol. The van der Waals surface area contributed by atoms with Crippen LogP contribution in [0.15, 0.2) is 60.8 Å². The molecular formula is C18H19N3O. The molecule has 0 fully saturated rings. The molecular weight excluding hydrogens is 274 g/mol. The summed E-state index contributed by atoms with van der Waals surface area (Å²) in [6.45, 7) is 0.772. The molecule has 3 aromatic rings. The van der Waals surface area contributed by atoms with Gasteiger partial charge >= 0.3 is 0 Å². The Hall–Kier alpha value is -2.59. The number of ether oxygens (including phenoxy) is 1. The molecule has 0 saturated heterocycles. The van der Waals surface area contributed by atoms with Crippen LogP contribution in [0.1, 0.15) is 5.56 Å². The van der Waals surface area contributed by atoms with Gasteiger partial charge in [0, 0.05) is 23.9 Å². The standard InChI is InChI=1S/C18H19N3O/c1-19-12-15-13-21(16-6-4-3-5-7-16)20-18(15)14-8-10-17(22-2)11-9-14/h3-11,13,19H,12H2,1-2H3. The Morgan fingerprint density at radius 1 is 1.05 bits per heavy atom. The molecule has 0 bridgehead atoms. The van der Waals surface area contributed by atoms with Gasteiger partial charge in [0.2, 0.25) is 0 Å². The lowest BCUT2D eigenvalue weighted by Crippen LogP contribution is -2.05. The van der Waals surface area contributed by atoms with Crippen molar-refractivity contribution in [3.05, 3.63) is 66.4 Å². The molecule has 0 radical (unpaired) electrons. The van der Waals surface area contributed by atoms with E-state index in [0.717, 1.165) is 34.8 Å². The summed E-state index contributed by atoms with van der Waals surface area (Å²) < 4.78 is 7.14. The topological polar surface area (TPSA) is 39.1 Å². The van der Waals surface area contributed by atoms with Crippen LogP contribution in [0.4, 0.5) is 0 Å². The highest BCUT2D eigenvalue weighted by Crippen LogP contribution is 2.25. The molecule has 0 unspecified atom stereocenters. The fraction of sp³-hybridized carbons (Fsp3) is 0.167. The summed E-state index contributed by atoms with van der Waals surface area (Å²) in [4.78, 5) is 0. The summed E-state index contributed by atoms with van der Waals surface area (Å²) in [6.07, 6.45) is 2.07. The van der Waals surface area contributed by atoms with Crippen LogP contribution in [-0.4, -0.2) is 23.9 Å². The second kappa shape index (κ2) is 6.45. The molecule has 22 heavy (non-hydrogen) atoms. The van der Waals surface area contributed by atoms with Crippen LogP contribution < -0.4 is 10.1 Å². The molecule has 3 rings (SSSR count). The van der Waals surface area contributed by atoms with Gasteiger partial charge in [-0.05, 0) is 43.4 Å². The summed E-state index contributed by atoms with van der Waals surface area (Å²) in [5.74, 6) is 0.849. The van der Waals surface area contributed by atoms with Gasteiger partial charge < -0.3 is 10.1 Å². The van der Waals surface area contributed by atoms with E-state index in [4.69, 9.17) is 9.84 Å². The van der Waals surface area contributed by atoms with Crippen LogP contribution >= 0.6 is 0 Å². The second-order valence-electron chi connectivity index (χ2n) is 5.04. The molecule has 0 aliphatic carbocycles. The van der Waals surface area contributed by atoms with Gasteiger partial charge in [-0.3, -0.25) is 0 Å². The molecule has 4 nitrogen and oxygen atoms in total. The lowest BCUT2D eigenvalue weighted by molar-refractivity contribution is 0.415. The maximum Gasteiger partial charge on any atom is 0.118 e. The zero-order valence-corrected chi connectivity index (χ0v) is 12.8. The first-order chi connectivity index (χ1) is 10.8. The highest BCUT2D eigenvalue weighted by atomic mass is 16.5. The lowest BCUT2D eigenvalue weighted by Gasteiger charge is -2.03. The third-order valence-electron chi connectivity index (χ3n) is 3.54. The first-order valence-corrected chi connectivity index (χ1v) is 7.25. The summed E-state index contributed by atoms with van der Waals surface area (Å²) >= 11 is 0. The molecule has 0 saturated carbocycles. The Morgan fingerprint density at radius 2 is 1.77 bits per heavy atom. The van der Waals surface area contributed by atoms with Crippen molar-refractivity contribution in [1.29, 1.82) is 0 Å². The summed E-state index contributed by atoms with van der Waals surface area (Å²) in [5, 5.41) is 7.96. The van der Waals surface area contributed by atoms with Crippen LogP contribution in [0.3, 0.4) is 0 Å². The molecule has 0 aliphatic heterocycles. The Morgan fingerprint density at radius 3 is 2.41 bits per heavy atom. The number of para-hydroxylation sites is 1. The fourth-order valence-electron chi connectivity index (χ4n) is 2.43. The van der Waals surface area contributed by atoms with E-state index in [0.29, 0.717) is 0 Å². The van der Waals surface area contributed by atoms with Crippen molar-refractivity contribution < 1.29 is 4.74 Å². The number of hydrogen-bond acceptors (Lipinski definition) is 3. The molecule has 1 aromatic heterocycles. The molecule has 0 atom stereocenters. The number of benzene rings is 2. The first kappa shape index (κ1) is 14.4. The van der Waals surface area contributed by atoms with Crippen molar-refractivity contribution in [3.8, 4) is 22.7 Å². The van der Waals surface area contributed by atoms with Gasteiger partial charge in [-0.1, -0.05) is 18.2 Å². The van der Waals surface area contributed by atoms with E-state index in [1.54, 1.807) is 7.11 Å². The second-order valence-corrected chi connectivity index (χ2v) is 5.04. The predicted molar refractivity (Wildman–Crippen MR) is 88.3 cm³/mol. The van der Waals surface area contributed by atoms with Crippen molar-refractivity contribution in [2.75, 3.05) is 14.2 Å². The SMILES string of the molecule is CNCc1cn(-c2ccccc2)nc1-c1ccc(OC)cc1. The molecule has 0 amide bonds. The van der Waals surface area contributed by atoms with E-state index in [2.05, 4.69) is 11.5 Å². The molecule has 112 valence electrons. The maximum absolute atomic E-state index is 5.22. The van der Waals surface area contributed by atoms with E-state index in [-0.39, 0.29) is 0 Å². The summed E-state index contributed by atoms with van der Waals surface area (Å²) in [6, 6.07) is 18.1. The van der Waals surface area contributed by atoms with Gasteiger partial charge in [-0.2, -0.15) is 5.10 Å². The van der Waals surface area contributed by atoms with E-state index < -0.39 is 0 Å². The minimum atomic E-state index is 0.772. The molecule has 0 aliphatic rings. The van der Waals surface area contributed by atoms with Gasteiger partial charge in [0.15, 0.2) is 0 Å².